The van der Waals surface area contributed by atoms with E-state index in [1.165, 1.54) is 66.7 Å². The molecular weight excluding hydrogens is 1260 g/mol. The van der Waals surface area contributed by atoms with Gasteiger partial charge in [-0.2, -0.15) is 0 Å². The zero-order chi connectivity index (χ0) is 66.8. The number of carbonyl (C=O) groups excluding carboxylic acids is 7. The Balaban J connectivity index is 1.09. The zero-order valence-corrected chi connectivity index (χ0v) is 50.9. The molecule has 8 atom stereocenters. The van der Waals surface area contributed by atoms with E-state index in [0.29, 0.717) is 31.6 Å². The number of rotatable bonds is 9. The third-order valence-corrected chi connectivity index (χ3v) is 16.7. The maximum absolute atomic E-state index is 15.9. The highest BCUT2D eigenvalue weighted by Gasteiger charge is 2.41. The number of unbranched alkanes of at least 4 members (excludes halogenated alkanes) is 1. The Bertz CT molecular complexity index is 4220. The summed E-state index contributed by atoms with van der Waals surface area (Å²) >= 11 is 13.8. The van der Waals surface area contributed by atoms with E-state index in [4.69, 9.17) is 48.9 Å². The molecule has 6 heterocycles. The molecule has 6 aliphatic rings. The third-order valence-electron chi connectivity index (χ3n) is 16.1. The van der Waals surface area contributed by atoms with Gasteiger partial charge in [0.25, 0.3) is 0 Å². The molecule has 0 fully saturated rings. The summed E-state index contributed by atoms with van der Waals surface area (Å²) in [6.07, 6.45) is -0.429. The number of hydrogen-bond acceptors (Lipinski definition) is 20. The lowest BCUT2D eigenvalue weighted by molar-refractivity contribution is -0.137. The number of phenolic OH excluding ortho intramolecular Hbond substituents is 6. The normalized spacial score (nSPS) is 21.0. The van der Waals surface area contributed by atoms with E-state index in [9.17, 15) is 50.1 Å². The standard InChI is InChI=1S/C65H62Cl2N10O17/c66-39-16-28-4-10-45(39)93-48-23-33-24-49(58(48)84)94-46-11-7-31(21-40(46)67)57(83)56-65(91)76-55(61(87)71-15-3-14-70-13-2-1-12-68)38-26-35(79)27-44(82)50(38)37-20-30(6-8-42(37)80)52(62(88)77-56)74-64(90)54(33)75-63(89)53-32-18-34(78)25-36(19-32)92-47-22-29(5-9-43(47)81)51(69)60(86)72-41(17-28)59(85)73-53/h4-11,16,18-27,41,51-57,70,78-84H,1-3,12-15,17,68-69H2,(H,71,87)(H,72,86)(H,73,85)(H,74,90)(H,75,89)(H,76,91)(H,77,88)/t41-,51-,52-,53+,54-,55+,56+,57-/m1/s1. The summed E-state index contributed by atoms with van der Waals surface area (Å²) in [5.41, 5.74) is 10.6. The summed E-state index contributed by atoms with van der Waals surface area (Å²) in [6.45, 7) is 1.66. The molecule has 0 saturated carbocycles. The van der Waals surface area contributed by atoms with Crippen molar-refractivity contribution in [2.75, 3.05) is 26.2 Å². The average molecular weight is 1330 g/mol. The van der Waals surface area contributed by atoms with Crippen LogP contribution in [0.15, 0.2) is 115 Å². The van der Waals surface area contributed by atoms with Crippen molar-refractivity contribution in [2.45, 2.75) is 74.1 Å². The van der Waals surface area contributed by atoms with Gasteiger partial charge in [-0.3, -0.25) is 33.6 Å². The van der Waals surface area contributed by atoms with Crippen LogP contribution in [0.4, 0.5) is 0 Å². The highest BCUT2D eigenvalue weighted by molar-refractivity contribution is 6.32. The van der Waals surface area contributed by atoms with Gasteiger partial charge in [0, 0.05) is 36.2 Å². The number of amides is 7. The van der Waals surface area contributed by atoms with Gasteiger partial charge in [-0.1, -0.05) is 47.5 Å². The van der Waals surface area contributed by atoms with Gasteiger partial charge < -0.3 is 104 Å². The summed E-state index contributed by atoms with van der Waals surface area (Å²) in [4.78, 5) is 106. The smallest absolute Gasteiger partial charge is 0.248 e. The molecule has 488 valence electrons. The van der Waals surface area contributed by atoms with Crippen LogP contribution >= 0.6 is 23.2 Å². The highest BCUT2D eigenvalue weighted by Crippen LogP contribution is 2.48. The molecule has 27 nitrogen and oxygen atoms in total. The maximum Gasteiger partial charge on any atom is 0.248 e. The Kier molecular flexibility index (Phi) is 18.9. The number of benzene rings is 7. The number of ether oxygens (including phenoxy) is 3. The molecule has 0 unspecified atom stereocenters. The predicted octanol–water partition coefficient (Wildman–Crippen LogP) is 4.74. The molecule has 0 saturated heterocycles. The van der Waals surface area contributed by atoms with Crippen LogP contribution in [0.3, 0.4) is 0 Å². The van der Waals surface area contributed by atoms with Crippen molar-refractivity contribution in [1.29, 1.82) is 0 Å². The van der Waals surface area contributed by atoms with E-state index in [-0.39, 0.29) is 90.5 Å². The molecule has 94 heavy (non-hydrogen) atoms. The molecule has 0 aliphatic carbocycles. The molecule has 6 aliphatic heterocycles. The highest BCUT2D eigenvalue weighted by atomic mass is 35.5. The first kappa shape index (κ1) is 65.0. The number of carbonyl (C=O) groups is 7. The van der Waals surface area contributed by atoms with E-state index < -0.39 is 136 Å². The first-order chi connectivity index (χ1) is 45.0. The van der Waals surface area contributed by atoms with Crippen LogP contribution < -0.4 is 68.2 Å². The Hall–Kier alpha value is -10.6. The first-order valence-electron chi connectivity index (χ1n) is 29.5. The van der Waals surface area contributed by atoms with E-state index in [2.05, 4.69) is 42.5 Å². The van der Waals surface area contributed by atoms with Crippen LogP contribution in [-0.2, 0) is 40.0 Å². The van der Waals surface area contributed by atoms with Crippen molar-refractivity contribution in [3.05, 3.63) is 164 Å². The molecule has 19 N–H and O–H groups in total. The molecular formula is C65H62Cl2N10O17. The lowest BCUT2D eigenvalue weighted by atomic mass is 9.89. The quantitative estimate of drug-likeness (QED) is 0.0868. The second kappa shape index (κ2) is 27.3. The van der Waals surface area contributed by atoms with Crippen LogP contribution in [-0.4, -0.2) is 115 Å². The lowest BCUT2D eigenvalue weighted by Crippen LogP contribution is -2.56. The maximum atomic E-state index is 15.9. The molecule has 7 aromatic carbocycles. The summed E-state index contributed by atoms with van der Waals surface area (Å²) in [5, 5.41) is 102. The molecule has 29 heteroatoms. The molecule has 13 rings (SSSR count). The van der Waals surface area contributed by atoms with Gasteiger partial charge in [0.2, 0.25) is 47.1 Å². The monoisotopic (exact) mass is 1320 g/mol. The second-order valence-corrected chi connectivity index (χ2v) is 23.5. The van der Waals surface area contributed by atoms with Gasteiger partial charge in [-0.25, -0.2) is 0 Å². The largest absolute Gasteiger partial charge is 0.508 e. The Labute approximate surface area is 544 Å². The predicted molar refractivity (Wildman–Crippen MR) is 336 cm³/mol. The number of halogens is 2. The fourth-order valence-corrected chi connectivity index (χ4v) is 11.8. The molecule has 0 spiro atoms. The van der Waals surface area contributed by atoms with Crippen molar-refractivity contribution in [1.82, 2.24) is 42.5 Å². The van der Waals surface area contributed by atoms with E-state index in [0.717, 1.165) is 61.4 Å². The number of hydrogen-bond donors (Lipinski definition) is 17. The number of aliphatic hydroxyl groups is 1. The van der Waals surface area contributed by atoms with Crippen molar-refractivity contribution in [3.63, 3.8) is 0 Å². The summed E-state index contributed by atoms with van der Waals surface area (Å²) < 4.78 is 18.6. The molecule has 7 aromatic rings. The fraction of sp³-hybridized carbons (Fsp3) is 0.246. The zero-order valence-electron chi connectivity index (χ0n) is 49.4. The van der Waals surface area contributed by atoms with Crippen LogP contribution in [0.25, 0.3) is 11.1 Å². The number of aliphatic hydroxyl groups excluding tert-OH is 1. The van der Waals surface area contributed by atoms with Crippen molar-refractivity contribution < 1.29 is 83.5 Å². The summed E-state index contributed by atoms with van der Waals surface area (Å²) in [5.74, 6) is -13.4. The Morgan fingerprint density at radius 3 is 1.83 bits per heavy atom. The topological polar surface area (TPSA) is 437 Å². The van der Waals surface area contributed by atoms with Crippen LogP contribution in [0.2, 0.25) is 10.0 Å². The van der Waals surface area contributed by atoms with Gasteiger partial charge in [0.1, 0.15) is 88.6 Å². The Morgan fingerprint density at radius 1 is 0.521 bits per heavy atom. The van der Waals surface area contributed by atoms with Crippen molar-refractivity contribution in [2.24, 2.45) is 11.5 Å². The first-order valence-corrected chi connectivity index (χ1v) is 30.3. The van der Waals surface area contributed by atoms with Gasteiger partial charge in [0.15, 0.2) is 23.0 Å². The van der Waals surface area contributed by atoms with Crippen LogP contribution in [0.5, 0.6) is 69.0 Å². The minimum absolute atomic E-state index is 0.0323. The molecule has 0 radical (unpaired) electrons. The van der Waals surface area contributed by atoms with Gasteiger partial charge in [-0.05, 0) is 157 Å². The minimum Gasteiger partial charge on any atom is -0.508 e. The Morgan fingerprint density at radius 2 is 1.13 bits per heavy atom. The van der Waals surface area contributed by atoms with E-state index in [1.807, 2.05) is 0 Å². The van der Waals surface area contributed by atoms with Gasteiger partial charge in [-0.15, -0.1) is 0 Å². The minimum atomic E-state index is -2.16. The van der Waals surface area contributed by atoms with Gasteiger partial charge in [0.05, 0.1) is 10.0 Å². The van der Waals surface area contributed by atoms with Crippen LogP contribution in [0, 0.1) is 0 Å². The van der Waals surface area contributed by atoms with Crippen LogP contribution in [0.1, 0.15) is 94.5 Å². The average Bonchev–Trinajstić information content (AvgIpc) is 0.779. The third kappa shape index (κ3) is 13.8. The number of fused-ring (bicyclic) bond motifs is 14. The van der Waals surface area contributed by atoms with E-state index >= 15 is 19.2 Å². The molecule has 7 amide bonds. The van der Waals surface area contributed by atoms with Crippen molar-refractivity contribution >= 4 is 64.6 Å². The lowest BCUT2D eigenvalue weighted by Gasteiger charge is -2.31. The number of aromatic hydroxyl groups is 6. The second-order valence-electron chi connectivity index (χ2n) is 22.7. The number of nitrogens with two attached hydrogens (primary N) is 2. The fourth-order valence-electron chi connectivity index (χ4n) is 11.3. The van der Waals surface area contributed by atoms with Gasteiger partial charge >= 0.3 is 0 Å². The van der Waals surface area contributed by atoms with E-state index in [1.54, 1.807) is 0 Å². The van der Waals surface area contributed by atoms with Crippen molar-refractivity contribution in [3.8, 4) is 80.1 Å². The molecule has 0 aromatic heterocycles. The molecule has 17 bridgehead atoms. The summed E-state index contributed by atoms with van der Waals surface area (Å²) in [6, 6.07) is 9.35. The number of nitrogens with one attached hydrogen (secondary N) is 8. The SMILES string of the molecule is NCCCCNCCCNC(=O)[C@H]1NC(=O)[C@H]2NC(=O)[C@H](NC(=O)[C@@H]3NC(=O)[C@H]4NC(=O)[C@@H](Cc5ccc(c(Cl)c5)Oc5cc3cc(c5O)Oc3ccc(cc3Cl)[C@H]2O)NC(=O)[C@H](N)c2ccc(O)c(c2)Oc2cc(O)cc4c2)c2ccc(O)c(c2)-c2c(O)cc(O)cc21. The summed E-state index contributed by atoms with van der Waals surface area (Å²) in [7, 11) is 0. The number of phenols is 6.